The second kappa shape index (κ2) is 6.57. The zero-order chi connectivity index (χ0) is 16.2. The zero-order valence-electron chi connectivity index (χ0n) is 13.7. The fourth-order valence-corrected chi connectivity index (χ4v) is 2.51. The Morgan fingerprint density at radius 2 is 1.91 bits per heavy atom. The number of nitrogens with one attached hydrogen (secondary N) is 1. The van der Waals surface area contributed by atoms with Gasteiger partial charge in [0, 0.05) is 19.2 Å². The summed E-state index contributed by atoms with van der Waals surface area (Å²) in [5.41, 5.74) is 4.64. The molecule has 1 N–H and O–H groups in total. The molecule has 3 rings (SSSR count). The summed E-state index contributed by atoms with van der Waals surface area (Å²) in [7, 11) is 3.69. The molecule has 0 aliphatic rings. The van der Waals surface area contributed by atoms with Gasteiger partial charge < -0.3 is 14.6 Å². The number of aryl methyl sites for hydroxylation is 1. The fraction of sp³-hybridized carbons (Fsp3) is 0.211. The highest BCUT2D eigenvalue weighted by Gasteiger charge is 2.09. The molecular formula is C19H21N3O. The third-order valence-corrected chi connectivity index (χ3v) is 3.92. The van der Waals surface area contributed by atoms with Crippen molar-refractivity contribution < 1.29 is 4.74 Å². The maximum absolute atomic E-state index is 5.29. The fourth-order valence-electron chi connectivity index (χ4n) is 2.51. The molecule has 0 fully saturated rings. The second-order valence-electron chi connectivity index (χ2n) is 5.60. The SMILES string of the molecule is COc1cccc(-c2cnc(NCc3ccc(C)cc3)n2C)c1. The number of nitrogens with zero attached hydrogens (tertiary/aromatic N) is 2. The average Bonchev–Trinajstić information content (AvgIpc) is 2.95. The summed E-state index contributed by atoms with van der Waals surface area (Å²) in [6.45, 7) is 2.85. The third kappa shape index (κ3) is 3.37. The third-order valence-electron chi connectivity index (χ3n) is 3.92. The van der Waals surface area contributed by atoms with Gasteiger partial charge in [0.2, 0.25) is 5.95 Å². The van der Waals surface area contributed by atoms with Crippen LogP contribution in [0.2, 0.25) is 0 Å². The van der Waals surface area contributed by atoms with Crippen LogP contribution in [0.5, 0.6) is 5.75 Å². The van der Waals surface area contributed by atoms with Crippen molar-refractivity contribution in [3.63, 3.8) is 0 Å². The van der Waals surface area contributed by atoms with Gasteiger partial charge in [0.05, 0.1) is 19.0 Å². The van der Waals surface area contributed by atoms with E-state index in [1.165, 1.54) is 11.1 Å². The van der Waals surface area contributed by atoms with Crippen molar-refractivity contribution in [1.82, 2.24) is 9.55 Å². The number of anilines is 1. The minimum atomic E-state index is 0.753. The van der Waals surface area contributed by atoms with Gasteiger partial charge in [-0.05, 0) is 24.6 Å². The van der Waals surface area contributed by atoms with Gasteiger partial charge in [0.15, 0.2) is 0 Å². The number of aromatic nitrogens is 2. The Kier molecular flexibility index (Phi) is 4.33. The van der Waals surface area contributed by atoms with E-state index in [0.29, 0.717) is 0 Å². The monoisotopic (exact) mass is 307 g/mol. The molecule has 2 aromatic carbocycles. The zero-order valence-corrected chi connectivity index (χ0v) is 13.7. The number of imidazole rings is 1. The average molecular weight is 307 g/mol. The van der Waals surface area contributed by atoms with E-state index in [9.17, 15) is 0 Å². The van der Waals surface area contributed by atoms with E-state index in [1.807, 2.05) is 31.4 Å². The second-order valence-corrected chi connectivity index (χ2v) is 5.60. The highest BCUT2D eigenvalue weighted by Crippen LogP contribution is 2.25. The van der Waals surface area contributed by atoms with Crippen LogP contribution in [0.1, 0.15) is 11.1 Å². The van der Waals surface area contributed by atoms with Crippen molar-refractivity contribution in [3.8, 4) is 17.0 Å². The van der Waals surface area contributed by atoms with Crippen LogP contribution in [0.15, 0.2) is 54.7 Å². The summed E-state index contributed by atoms with van der Waals surface area (Å²) in [5, 5.41) is 3.39. The predicted molar refractivity (Wildman–Crippen MR) is 93.7 cm³/mol. The summed E-state index contributed by atoms with van der Waals surface area (Å²) in [6.07, 6.45) is 1.88. The first kappa shape index (κ1) is 15.2. The number of rotatable bonds is 5. The van der Waals surface area contributed by atoms with E-state index in [1.54, 1.807) is 7.11 Å². The summed E-state index contributed by atoms with van der Waals surface area (Å²) >= 11 is 0. The van der Waals surface area contributed by atoms with Crippen LogP contribution in [0.25, 0.3) is 11.3 Å². The highest BCUT2D eigenvalue weighted by atomic mass is 16.5. The lowest BCUT2D eigenvalue weighted by Crippen LogP contribution is -2.05. The normalized spacial score (nSPS) is 10.6. The van der Waals surface area contributed by atoms with Crippen LogP contribution in [-0.2, 0) is 13.6 Å². The summed E-state index contributed by atoms with van der Waals surface area (Å²) in [4.78, 5) is 4.49. The van der Waals surface area contributed by atoms with Gasteiger partial charge >= 0.3 is 0 Å². The minimum absolute atomic E-state index is 0.753. The summed E-state index contributed by atoms with van der Waals surface area (Å²) in [5.74, 6) is 1.70. The lowest BCUT2D eigenvalue weighted by molar-refractivity contribution is 0.415. The highest BCUT2D eigenvalue weighted by molar-refractivity contribution is 5.63. The van der Waals surface area contributed by atoms with Crippen LogP contribution in [0, 0.1) is 6.92 Å². The number of hydrogen-bond acceptors (Lipinski definition) is 3. The van der Waals surface area contributed by atoms with E-state index in [-0.39, 0.29) is 0 Å². The Morgan fingerprint density at radius 1 is 1.13 bits per heavy atom. The Hall–Kier alpha value is -2.75. The molecule has 0 spiro atoms. The molecule has 1 heterocycles. The van der Waals surface area contributed by atoms with Crippen molar-refractivity contribution in [1.29, 1.82) is 0 Å². The van der Waals surface area contributed by atoms with Crippen molar-refractivity contribution in [2.75, 3.05) is 12.4 Å². The first-order valence-electron chi connectivity index (χ1n) is 7.63. The van der Waals surface area contributed by atoms with Crippen molar-refractivity contribution >= 4 is 5.95 Å². The Labute approximate surface area is 136 Å². The number of benzene rings is 2. The quantitative estimate of drug-likeness (QED) is 0.774. The molecule has 3 aromatic rings. The van der Waals surface area contributed by atoms with Crippen LogP contribution >= 0.6 is 0 Å². The van der Waals surface area contributed by atoms with Gasteiger partial charge in [-0.15, -0.1) is 0 Å². The van der Waals surface area contributed by atoms with Crippen molar-refractivity contribution in [2.24, 2.45) is 7.05 Å². The van der Waals surface area contributed by atoms with Gasteiger partial charge in [-0.2, -0.15) is 0 Å². The molecule has 1 aromatic heterocycles. The lowest BCUT2D eigenvalue weighted by Gasteiger charge is -2.09. The lowest BCUT2D eigenvalue weighted by atomic mass is 10.1. The Bertz CT molecular complexity index is 791. The standard InChI is InChI=1S/C19H21N3O/c1-14-7-9-15(10-8-14)12-20-19-21-13-18(22(19)2)16-5-4-6-17(11-16)23-3/h4-11,13H,12H2,1-3H3,(H,20,21). The van der Waals surface area contributed by atoms with Gasteiger partial charge in [-0.3, -0.25) is 0 Å². The molecule has 0 atom stereocenters. The maximum atomic E-state index is 5.29. The molecule has 0 amide bonds. The molecule has 0 aliphatic heterocycles. The van der Waals surface area contributed by atoms with E-state index >= 15 is 0 Å². The molecule has 4 heteroatoms. The van der Waals surface area contributed by atoms with Crippen LogP contribution < -0.4 is 10.1 Å². The van der Waals surface area contributed by atoms with E-state index in [0.717, 1.165) is 29.5 Å². The summed E-state index contributed by atoms with van der Waals surface area (Å²) in [6, 6.07) is 16.5. The van der Waals surface area contributed by atoms with E-state index < -0.39 is 0 Å². The van der Waals surface area contributed by atoms with Gasteiger partial charge in [-0.25, -0.2) is 4.98 Å². The van der Waals surface area contributed by atoms with Gasteiger partial charge in [-0.1, -0.05) is 42.0 Å². The molecule has 0 saturated carbocycles. The first-order chi connectivity index (χ1) is 11.2. The van der Waals surface area contributed by atoms with Crippen LogP contribution in [0.4, 0.5) is 5.95 Å². The van der Waals surface area contributed by atoms with Gasteiger partial charge in [0.1, 0.15) is 5.75 Å². The molecule has 0 aliphatic carbocycles. The van der Waals surface area contributed by atoms with Crippen molar-refractivity contribution in [3.05, 3.63) is 65.9 Å². The maximum Gasteiger partial charge on any atom is 0.203 e. The van der Waals surface area contributed by atoms with E-state index in [2.05, 4.69) is 52.1 Å². The molecule has 0 saturated heterocycles. The Morgan fingerprint density at radius 3 is 2.65 bits per heavy atom. The minimum Gasteiger partial charge on any atom is -0.497 e. The molecule has 23 heavy (non-hydrogen) atoms. The summed E-state index contributed by atoms with van der Waals surface area (Å²) < 4.78 is 7.35. The Balaban J connectivity index is 1.77. The van der Waals surface area contributed by atoms with Gasteiger partial charge in [0.25, 0.3) is 0 Å². The molecular weight excluding hydrogens is 286 g/mol. The van der Waals surface area contributed by atoms with Crippen LogP contribution in [0.3, 0.4) is 0 Å². The largest absolute Gasteiger partial charge is 0.497 e. The molecule has 4 nitrogen and oxygen atoms in total. The van der Waals surface area contributed by atoms with Crippen molar-refractivity contribution in [2.45, 2.75) is 13.5 Å². The number of methoxy groups -OCH3 is 1. The number of ether oxygens (including phenoxy) is 1. The first-order valence-corrected chi connectivity index (χ1v) is 7.63. The molecule has 0 radical (unpaired) electrons. The van der Waals surface area contributed by atoms with Crippen LogP contribution in [-0.4, -0.2) is 16.7 Å². The topological polar surface area (TPSA) is 39.1 Å². The molecule has 118 valence electrons. The smallest absolute Gasteiger partial charge is 0.203 e. The number of hydrogen-bond donors (Lipinski definition) is 1. The predicted octanol–water partition coefficient (Wildman–Crippen LogP) is 4.02. The van der Waals surface area contributed by atoms with E-state index in [4.69, 9.17) is 4.74 Å². The molecule has 0 bridgehead atoms. The molecule has 0 unspecified atom stereocenters.